The van der Waals surface area contributed by atoms with Crippen LogP contribution in [0.2, 0.25) is 0 Å². The van der Waals surface area contributed by atoms with E-state index in [1.807, 2.05) is 56.3 Å². The van der Waals surface area contributed by atoms with Crippen molar-refractivity contribution in [2.45, 2.75) is 32.2 Å². The Morgan fingerprint density at radius 2 is 1.96 bits per heavy atom. The van der Waals surface area contributed by atoms with Gasteiger partial charge in [0, 0.05) is 17.8 Å². The summed E-state index contributed by atoms with van der Waals surface area (Å²) in [6, 6.07) is 13.3. The van der Waals surface area contributed by atoms with Crippen molar-refractivity contribution in [3.8, 4) is 5.75 Å². The zero-order chi connectivity index (χ0) is 18.0. The van der Waals surface area contributed by atoms with Gasteiger partial charge in [0.1, 0.15) is 5.75 Å². The van der Waals surface area contributed by atoms with Crippen LogP contribution in [0.3, 0.4) is 0 Å². The van der Waals surface area contributed by atoms with Gasteiger partial charge < -0.3 is 15.4 Å². The van der Waals surface area contributed by atoms with E-state index in [0.717, 1.165) is 28.1 Å². The molecule has 2 aromatic rings. The Morgan fingerprint density at radius 3 is 2.72 bits per heavy atom. The van der Waals surface area contributed by atoms with Gasteiger partial charge in [-0.15, -0.1) is 0 Å². The molecule has 0 saturated heterocycles. The second kappa shape index (κ2) is 6.59. The van der Waals surface area contributed by atoms with Gasteiger partial charge in [-0.05, 0) is 37.1 Å². The number of benzene rings is 2. The highest BCUT2D eigenvalue weighted by Gasteiger charge is 2.38. The molecule has 2 aromatic carbocycles. The first-order valence-corrected chi connectivity index (χ1v) is 8.25. The molecule has 0 aromatic heterocycles. The number of nitrogens with one attached hydrogen (secondary N) is 2. The number of ether oxygens (including phenoxy) is 1. The maximum atomic E-state index is 12.3. The predicted octanol–water partition coefficient (Wildman–Crippen LogP) is 2.78. The summed E-state index contributed by atoms with van der Waals surface area (Å²) in [5, 5.41) is 5.79. The molecule has 0 fully saturated rings. The van der Waals surface area contributed by atoms with Crippen molar-refractivity contribution < 1.29 is 14.3 Å². The highest BCUT2D eigenvalue weighted by Crippen LogP contribution is 2.37. The molecule has 5 heteroatoms. The number of rotatable bonds is 5. The molecule has 3 rings (SSSR count). The lowest BCUT2D eigenvalue weighted by Crippen LogP contribution is -2.27. The molecule has 2 amide bonds. The van der Waals surface area contributed by atoms with Crippen LogP contribution in [0.15, 0.2) is 42.5 Å². The second-order valence-electron chi connectivity index (χ2n) is 6.72. The zero-order valence-electron chi connectivity index (χ0n) is 14.7. The third-order valence-corrected chi connectivity index (χ3v) is 4.61. The van der Waals surface area contributed by atoms with Crippen molar-refractivity contribution in [3.63, 3.8) is 0 Å². The molecule has 0 aliphatic carbocycles. The Labute approximate surface area is 147 Å². The molecule has 0 bridgehead atoms. The summed E-state index contributed by atoms with van der Waals surface area (Å²) in [7, 11) is 1.61. The number of carbonyl (C=O) groups excluding carboxylic acids is 2. The quantitative estimate of drug-likeness (QED) is 0.881. The third kappa shape index (κ3) is 3.36. The Balaban J connectivity index is 1.66. The topological polar surface area (TPSA) is 67.4 Å². The van der Waals surface area contributed by atoms with E-state index in [9.17, 15) is 9.59 Å². The molecule has 0 atom stereocenters. The van der Waals surface area contributed by atoms with Crippen LogP contribution >= 0.6 is 0 Å². The van der Waals surface area contributed by atoms with Gasteiger partial charge >= 0.3 is 0 Å². The largest absolute Gasteiger partial charge is 0.496 e. The number of hydrogen-bond acceptors (Lipinski definition) is 3. The summed E-state index contributed by atoms with van der Waals surface area (Å²) in [5.41, 5.74) is 3.02. The normalized spacial score (nSPS) is 14.6. The van der Waals surface area contributed by atoms with Crippen molar-refractivity contribution >= 4 is 17.5 Å². The van der Waals surface area contributed by atoms with Crippen LogP contribution in [0.4, 0.5) is 5.69 Å². The molecule has 1 heterocycles. The summed E-state index contributed by atoms with van der Waals surface area (Å²) < 4.78 is 5.29. The van der Waals surface area contributed by atoms with Gasteiger partial charge in [0.25, 0.3) is 0 Å². The van der Waals surface area contributed by atoms with Crippen LogP contribution in [0.1, 0.15) is 30.5 Å². The fourth-order valence-electron chi connectivity index (χ4n) is 3.02. The molecule has 0 saturated carbocycles. The van der Waals surface area contributed by atoms with Gasteiger partial charge in [-0.2, -0.15) is 0 Å². The maximum absolute atomic E-state index is 12.3. The van der Waals surface area contributed by atoms with Crippen molar-refractivity contribution in [1.29, 1.82) is 0 Å². The van der Waals surface area contributed by atoms with Gasteiger partial charge in [0.05, 0.1) is 18.9 Å². The zero-order valence-corrected chi connectivity index (χ0v) is 14.7. The summed E-state index contributed by atoms with van der Waals surface area (Å²) in [6.45, 7) is 4.19. The van der Waals surface area contributed by atoms with E-state index in [-0.39, 0.29) is 18.2 Å². The van der Waals surface area contributed by atoms with Crippen LogP contribution in [0, 0.1) is 0 Å². The highest BCUT2D eigenvalue weighted by molar-refractivity contribution is 6.05. The second-order valence-corrected chi connectivity index (χ2v) is 6.72. The van der Waals surface area contributed by atoms with E-state index in [0.29, 0.717) is 6.54 Å². The number of amides is 2. The molecule has 1 aliphatic heterocycles. The van der Waals surface area contributed by atoms with Crippen molar-refractivity contribution in [2.24, 2.45) is 0 Å². The molecule has 5 nitrogen and oxygen atoms in total. The summed E-state index contributed by atoms with van der Waals surface area (Å²) >= 11 is 0. The Hall–Kier alpha value is -2.82. The summed E-state index contributed by atoms with van der Waals surface area (Å²) in [5.74, 6) is 0.674. The van der Waals surface area contributed by atoms with Crippen LogP contribution < -0.4 is 15.4 Å². The van der Waals surface area contributed by atoms with Gasteiger partial charge in [0.15, 0.2) is 0 Å². The van der Waals surface area contributed by atoms with Crippen molar-refractivity contribution in [2.75, 3.05) is 12.4 Å². The monoisotopic (exact) mass is 338 g/mol. The molecule has 0 spiro atoms. The van der Waals surface area contributed by atoms with Crippen molar-refractivity contribution in [1.82, 2.24) is 5.32 Å². The van der Waals surface area contributed by atoms with Crippen LogP contribution in [-0.4, -0.2) is 18.9 Å². The lowest BCUT2D eigenvalue weighted by atomic mass is 9.85. The number of carbonyl (C=O) groups is 2. The van der Waals surface area contributed by atoms with Gasteiger partial charge in [-0.25, -0.2) is 0 Å². The van der Waals surface area contributed by atoms with Gasteiger partial charge in [0.2, 0.25) is 11.8 Å². The Kier molecular flexibility index (Phi) is 4.49. The standard InChI is InChI=1S/C20H22N2O3/c1-20(2)15-10-13(8-9-16(15)22-19(20)24)11-18(23)21-12-14-6-4-5-7-17(14)25-3/h4-10H,11-12H2,1-3H3,(H,21,23)(H,22,24). The van der Waals surface area contributed by atoms with E-state index in [4.69, 9.17) is 4.74 Å². The molecule has 0 radical (unpaired) electrons. The molecule has 2 N–H and O–H groups in total. The van der Waals surface area contributed by atoms with E-state index in [2.05, 4.69) is 10.6 Å². The number of para-hydroxylation sites is 1. The van der Waals surface area contributed by atoms with Crippen LogP contribution in [0.25, 0.3) is 0 Å². The van der Waals surface area contributed by atoms with E-state index in [1.165, 1.54) is 0 Å². The van der Waals surface area contributed by atoms with Gasteiger partial charge in [-0.3, -0.25) is 9.59 Å². The third-order valence-electron chi connectivity index (χ3n) is 4.61. The lowest BCUT2D eigenvalue weighted by Gasteiger charge is -2.16. The summed E-state index contributed by atoms with van der Waals surface area (Å²) in [6.07, 6.45) is 0.271. The maximum Gasteiger partial charge on any atom is 0.234 e. The molecular formula is C20H22N2O3. The minimum Gasteiger partial charge on any atom is -0.496 e. The fourth-order valence-corrected chi connectivity index (χ4v) is 3.02. The van der Waals surface area contributed by atoms with Crippen molar-refractivity contribution in [3.05, 3.63) is 59.2 Å². The number of hydrogen-bond donors (Lipinski definition) is 2. The van der Waals surface area contributed by atoms with E-state index < -0.39 is 5.41 Å². The van der Waals surface area contributed by atoms with Crippen LogP contribution in [0.5, 0.6) is 5.75 Å². The smallest absolute Gasteiger partial charge is 0.234 e. The first kappa shape index (κ1) is 17.0. The molecular weight excluding hydrogens is 316 g/mol. The number of anilines is 1. The Morgan fingerprint density at radius 1 is 1.20 bits per heavy atom. The average Bonchev–Trinajstić information content (AvgIpc) is 2.83. The summed E-state index contributed by atoms with van der Waals surface area (Å²) in [4.78, 5) is 24.3. The molecule has 1 aliphatic rings. The first-order chi connectivity index (χ1) is 11.9. The van der Waals surface area contributed by atoms with E-state index in [1.54, 1.807) is 7.11 Å². The molecule has 25 heavy (non-hydrogen) atoms. The SMILES string of the molecule is COc1ccccc1CNC(=O)Cc1ccc2c(c1)C(C)(C)C(=O)N2. The van der Waals surface area contributed by atoms with E-state index >= 15 is 0 Å². The first-order valence-electron chi connectivity index (χ1n) is 8.25. The predicted molar refractivity (Wildman–Crippen MR) is 96.6 cm³/mol. The minimum absolute atomic E-state index is 0.0136. The molecule has 0 unspecified atom stereocenters. The number of methoxy groups -OCH3 is 1. The molecule has 130 valence electrons. The Bertz CT molecular complexity index is 827. The minimum atomic E-state index is -0.570. The van der Waals surface area contributed by atoms with Gasteiger partial charge in [-0.1, -0.05) is 30.3 Å². The number of fused-ring (bicyclic) bond motifs is 1. The van der Waals surface area contributed by atoms with Crippen LogP contribution in [-0.2, 0) is 28.0 Å². The average molecular weight is 338 g/mol. The fraction of sp³-hybridized carbons (Fsp3) is 0.300. The lowest BCUT2D eigenvalue weighted by molar-refractivity contribution is -0.121. The highest BCUT2D eigenvalue weighted by atomic mass is 16.5.